The lowest BCUT2D eigenvalue weighted by molar-refractivity contribution is 0.585. The molecule has 1 N–H and O–H groups in total. The summed E-state index contributed by atoms with van der Waals surface area (Å²) in [6.45, 7) is 10.5. The highest BCUT2D eigenvalue weighted by Gasteiger charge is 2.17. The molecule has 0 saturated carbocycles. The zero-order valence-electron chi connectivity index (χ0n) is 12.2. The summed E-state index contributed by atoms with van der Waals surface area (Å²) >= 11 is 1.80. The predicted octanol–water partition coefficient (Wildman–Crippen LogP) is 4.04. The molecule has 3 heteroatoms. The van der Waals surface area contributed by atoms with E-state index in [1.165, 1.54) is 21.0 Å². The molecule has 0 fully saturated rings. The molecule has 2 aromatic rings. The Hall–Kier alpha value is -1.19. The van der Waals surface area contributed by atoms with Crippen LogP contribution in [0.5, 0.6) is 0 Å². The highest BCUT2D eigenvalue weighted by atomic mass is 32.1. The van der Waals surface area contributed by atoms with E-state index in [1.807, 2.05) is 6.20 Å². The summed E-state index contributed by atoms with van der Waals surface area (Å²) in [7, 11) is 0. The minimum atomic E-state index is 0.153. The van der Waals surface area contributed by atoms with Crippen LogP contribution in [-0.4, -0.2) is 4.98 Å². The number of thiazole rings is 1. The van der Waals surface area contributed by atoms with Gasteiger partial charge in [0.1, 0.15) is 0 Å². The van der Waals surface area contributed by atoms with Crippen LogP contribution >= 0.6 is 11.3 Å². The number of nitrogens with zero attached hydrogens (tertiary/aromatic N) is 1. The van der Waals surface area contributed by atoms with Crippen LogP contribution in [0, 0.1) is 6.92 Å². The summed E-state index contributed by atoms with van der Waals surface area (Å²) in [5.41, 5.74) is 2.78. The minimum absolute atomic E-state index is 0.153. The van der Waals surface area contributed by atoms with Gasteiger partial charge < -0.3 is 5.32 Å². The second-order valence-electron chi connectivity index (χ2n) is 5.97. The van der Waals surface area contributed by atoms with Crippen molar-refractivity contribution in [2.45, 2.75) is 46.2 Å². The molecule has 0 aliphatic heterocycles. The Balaban J connectivity index is 1.86. The molecule has 19 heavy (non-hydrogen) atoms. The lowest BCUT2D eigenvalue weighted by Gasteiger charge is -2.13. The van der Waals surface area contributed by atoms with Gasteiger partial charge in [-0.1, -0.05) is 50.6 Å². The third-order valence-electron chi connectivity index (χ3n) is 2.94. The first-order chi connectivity index (χ1) is 8.95. The smallest absolute Gasteiger partial charge is 0.0981 e. The van der Waals surface area contributed by atoms with Gasteiger partial charge in [0, 0.05) is 29.6 Å². The topological polar surface area (TPSA) is 24.9 Å². The second-order valence-corrected chi connectivity index (χ2v) is 7.09. The Morgan fingerprint density at radius 2 is 1.79 bits per heavy atom. The molecule has 0 saturated heterocycles. The average Bonchev–Trinajstić information content (AvgIpc) is 2.80. The van der Waals surface area contributed by atoms with Gasteiger partial charge in [-0.15, -0.1) is 11.3 Å². The Morgan fingerprint density at radius 3 is 2.37 bits per heavy atom. The molecule has 1 heterocycles. The summed E-state index contributed by atoms with van der Waals surface area (Å²) < 4.78 is 0. The van der Waals surface area contributed by atoms with Gasteiger partial charge in [0.2, 0.25) is 0 Å². The van der Waals surface area contributed by atoms with Crippen molar-refractivity contribution in [2.75, 3.05) is 0 Å². The van der Waals surface area contributed by atoms with Gasteiger partial charge in [-0.25, -0.2) is 4.98 Å². The SMILES string of the molecule is Cc1ccc(CNCc2cnc(C(C)(C)C)s2)cc1. The molecular weight excluding hydrogens is 252 g/mol. The van der Waals surface area contributed by atoms with E-state index in [9.17, 15) is 0 Å². The molecule has 0 atom stereocenters. The van der Waals surface area contributed by atoms with Crippen LogP contribution in [0.25, 0.3) is 0 Å². The third-order valence-corrected chi connectivity index (χ3v) is 4.37. The van der Waals surface area contributed by atoms with Crippen LogP contribution in [0.3, 0.4) is 0 Å². The fourth-order valence-electron chi connectivity index (χ4n) is 1.77. The molecular formula is C16H22N2S. The fourth-order valence-corrected chi connectivity index (χ4v) is 2.71. The maximum atomic E-state index is 4.50. The monoisotopic (exact) mass is 274 g/mol. The molecule has 0 radical (unpaired) electrons. The number of aromatic nitrogens is 1. The maximum absolute atomic E-state index is 4.50. The van der Waals surface area contributed by atoms with E-state index in [4.69, 9.17) is 0 Å². The van der Waals surface area contributed by atoms with E-state index >= 15 is 0 Å². The highest BCUT2D eigenvalue weighted by molar-refractivity contribution is 7.11. The lowest BCUT2D eigenvalue weighted by atomic mass is 9.98. The van der Waals surface area contributed by atoms with Crippen LogP contribution < -0.4 is 5.32 Å². The number of rotatable bonds is 4. The number of hydrogen-bond donors (Lipinski definition) is 1. The first kappa shape index (κ1) is 14.2. The maximum Gasteiger partial charge on any atom is 0.0981 e. The van der Waals surface area contributed by atoms with Crippen molar-refractivity contribution in [2.24, 2.45) is 0 Å². The van der Waals surface area contributed by atoms with Crippen molar-refractivity contribution in [3.8, 4) is 0 Å². The Labute approximate surface area is 119 Å². The van der Waals surface area contributed by atoms with Crippen molar-refractivity contribution < 1.29 is 0 Å². The summed E-state index contributed by atoms with van der Waals surface area (Å²) in [5.74, 6) is 0. The van der Waals surface area contributed by atoms with E-state index in [1.54, 1.807) is 11.3 Å². The van der Waals surface area contributed by atoms with Gasteiger partial charge in [0.05, 0.1) is 5.01 Å². The number of nitrogens with one attached hydrogen (secondary N) is 1. The van der Waals surface area contributed by atoms with Gasteiger partial charge in [-0.3, -0.25) is 0 Å². The van der Waals surface area contributed by atoms with Crippen molar-refractivity contribution in [3.63, 3.8) is 0 Å². The fraction of sp³-hybridized carbons (Fsp3) is 0.438. The Kier molecular flexibility index (Phi) is 4.38. The van der Waals surface area contributed by atoms with E-state index in [-0.39, 0.29) is 5.41 Å². The molecule has 0 amide bonds. The van der Waals surface area contributed by atoms with Crippen molar-refractivity contribution in [3.05, 3.63) is 51.5 Å². The van der Waals surface area contributed by atoms with E-state index in [2.05, 4.69) is 62.3 Å². The molecule has 0 aliphatic rings. The number of benzene rings is 1. The number of hydrogen-bond acceptors (Lipinski definition) is 3. The predicted molar refractivity (Wildman–Crippen MR) is 82.5 cm³/mol. The zero-order valence-corrected chi connectivity index (χ0v) is 13.0. The van der Waals surface area contributed by atoms with Gasteiger partial charge in [-0.2, -0.15) is 0 Å². The molecule has 2 nitrogen and oxygen atoms in total. The Morgan fingerprint density at radius 1 is 1.11 bits per heavy atom. The van der Waals surface area contributed by atoms with Crippen LogP contribution in [0.1, 0.15) is 41.8 Å². The molecule has 0 unspecified atom stereocenters. The first-order valence-corrected chi connectivity index (χ1v) is 7.48. The summed E-state index contributed by atoms with van der Waals surface area (Å²) in [6.07, 6.45) is 1.99. The van der Waals surface area contributed by atoms with Gasteiger partial charge in [0.25, 0.3) is 0 Å². The molecule has 1 aromatic carbocycles. The summed E-state index contributed by atoms with van der Waals surface area (Å²) in [4.78, 5) is 5.81. The third kappa shape index (κ3) is 4.15. The molecule has 0 bridgehead atoms. The number of aryl methyl sites for hydroxylation is 1. The Bertz CT molecular complexity index is 520. The van der Waals surface area contributed by atoms with Gasteiger partial charge in [0.15, 0.2) is 0 Å². The van der Waals surface area contributed by atoms with Gasteiger partial charge in [-0.05, 0) is 12.5 Å². The van der Waals surface area contributed by atoms with E-state index in [0.29, 0.717) is 0 Å². The molecule has 0 aliphatic carbocycles. The average molecular weight is 274 g/mol. The first-order valence-electron chi connectivity index (χ1n) is 6.66. The quantitative estimate of drug-likeness (QED) is 0.910. The van der Waals surface area contributed by atoms with Crippen molar-refractivity contribution in [1.82, 2.24) is 10.3 Å². The highest BCUT2D eigenvalue weighted by Crippen LogP contribution is 2.26. The summed E-state index contributed by atoms with van der Waals surface area (Å²) in [6, 6.07) is 8.66. The zero-order chi connectivity index (χ0) is 13.9. The van der Waals surface area contributed by atoms with Crippen LogP contribution in [0.2, 0.25) is 0 Å². The standard InChI is InChI=1S/C16H22N2S/c1-12-5-7-13(8-6-12)9-17-10-14-11-18-15(19-14)16(2,3)4/h5-8,11,17H,9-10H2,1-4H3. The molecule has 0 spiro atoms. The van der Waals surface area contributed by atoms with Crippen molar-refractivity contribution >= 4 is 11.3 Å². The molecule has 1 aromatic heterocycles. The normalized spacial score (nSPS) is 11.8. The molecule has 2 rings (SSSR count). The van der Waals surface area contributed by atoms with Crippen LogP contribution in [-0.2, 0) is 18.5 Å². The minimum Gasteiger partial charge on any atom is -0.308 e. The summed E-state index contributed by atoms with van der Waals surface area (Å²) in [5, 5.41) is 4.68. The molecule has 102 valence electrons. The van der Waals surface area contributed by atoms with Crippen LogP contribution in [0.4, 0.5) is 0 Å². The second kappa shape index (κ2) is 5.85. The van der Waals surface area contributed by atoms with E-state index in [0.717, 1.165) is 13.1 Å². The van der Waals surface area contributed by atoms with Crippen molar-refractivity contribution in [1.29, 1.82) is 0 Å². The van der Waals surface area contributed by atoms with Gasteiger partial charge >= 0.3 is 0 Å². The van der Waals surface area contributed by atoms with E-state index < -0.39 is 0 Å². The largest absolute Gasteiger partial charge is 0.308 e. The lowest BCUT2D eigenvalue weighted by Crippen LogP contribution is -2.11. The van der Waals surface area contributed by atoms with Crippen LogP contribution in [0.15, 0.2) is 30.5 Å².